The Morgan fingerprint density at radius 3 is 2.73 bits per heavy atom. The molecule has 2 heterocycles. The van der Waals surface area contributed by atoms with Crippen LogP contribution in [0.2, 0.25) is 0 Å². The number of carbonyl (C=O) groups excluding carboxylic acids is 1. The van der Waals surface area contributed by atoms with E-state index in [-0.39, 0.29) is 11.4 Å². The second-order valence-corrected chi connectivity index (χ2v) is 6.12. The lowest BCUT2D eigenvalue weighted by atomic mass is 10.2. The zero-order chi connectivity index (χ0) is 16.3. The van der Waals surface area contributed by atoms with Crippen LogP contribution in [0.25, 0.3) is 0 Å². The number of carbonyl (C=O) groups is 1. The van der Waals surface area contributed by atoms with E-state index in [0.717, 1.165) is 10.7 Å². The van der Waals surface area contributed by atoms with E-state index in [1.54, 1.807) is 11.3 Å². The molecule has 0 spiro atoms. The largest absolute Gasteiger partial charge is 0.350 e. The molecule has 0 aromatic carbocycles. The Bertz CT molecular complexity index is 651. The Hall–Kier alpha value is -1.83. The maximum absolute atomic E-state index is 12.6. The van der Waals surface area contributed by atoms with Crippen LogP contribution in [0.4, 0.5) is 8.78 Å². The van der Waals surface area contributed by atoms with E-state index in [1.807, 2.05) is 5.38 Å². The third kappa shape index (κ3) is 3.88. The molecule has 5 nitrogen and oxygen atoms in total. The number of amides is 1. The van der Waals surface area contributed by atoms with Gasteiger partial charge < -0.3 is 5.32 Å². The highest BCUT2D eigenvalue weighted by Gasteiger charge is 2.16. The second kappa shape index (κ2) is 6.95. The number of aryl methyl sites for hydroxylation is 1. The molecular formula is C14H18F2N4OS. The molecule has 22 heavy (non-hydrogen) atoms. The maximum Gasteiger partial charge on any atom is 0.333 e. The summed E-state index contributed by atoms with van der Waals surface area (Å²) in [6.45, 7) is 3.28. The summed E-state index contributed by atoms with van der Waals surface area (Å²) in [4.78, 5) is 16.4. The fourth-order valence-electron chi connectivity index (χ4n) is 1.89. The molecule has 0 aliphatic heterocycles. The minimum atomic E-state index is -2.74. The highest BCUT2D eigenvalue weighted by Crippen LogP contribution is 2.19. The van der Waals surface area contributed by atoms with Crippen molar-refractivity contribution in [3.63, 3.8) is 0 Å². The van der Waals surface area contributed by atoms with Crippen LogP contribution in [0.5, 0.6) is 0 Å². The molecule has 0 fully saturated rings. The van der Waals surface area contributed by atoms with Crippen molar-refractivity contribution in [1.82, 2.24) is 20.1 Å². The van der Waals surface area contributed by atoms with Gasteiger partial charge in [0.05, 0.1) is 10.7 Å². The van der Waals surface area contributed by atoms with E-state index in [2.05, 4.69) is 29.2 Å². The summed E-state index contributed by atoms with van der Waals surface area (Å²) in [7, 11) is 0. The average molecular weight is 328 g/mol. The first-order valence-electron chi connectivity index (χ1n) is 6.95. The molecule has 0 saturated carbocycles. The van der Waals surface area contributed by atoms with Gasteiger partial charge >= 0.3 is 6.55 Å². The zero-order valence-electron chi connectivity index (χ0n) is 12.6. The molecule has 1 N–H and O–H groups in total. The number of alkyl halides is 2. The number of nitrogens with zero attached hydrogens (tertiary/aromatic N) is 3. The van der Waals surface area contributed by atoms with Crippen LogP contribution in [-0.2, 0) is 6.42 Å². The summed E-state index contributed by atoms with van der Waals surface area (Å²) >= 11 is 1.60. The van der Waals surface area contributed by atoms with Crippen LogP contribution in [0.1, 0.15) is 53.2 Å². The fourth-order valence-corrected chi connectivity index (χ4v) is 2.76. The third-order valence-electron chi connectivity index (χ3n) is 3.07. The van der Waals surface area contributed by atoms with Gasteiger partial charge in [0.2, 0.25) is 0 Å². The third-order valence-corrected chi connectivity index (χ3v) is 4.26. The van der Waals surface area contributed by atoms with Gasteiger partial charge in [0.25, 0.3) is 5.91 Å². The Labute approximate surface area is 131 Å². The SMILES string of the molecule is Cc1cc(C(=O)NCCc2csc(C(C)C)n2)nn1C(F)F. The number of hydrogen-bond acceptors (Lipinski definition) is 4. The van der Waals surface area contributed by atoms with Gasteiger partial charge in [-0.15, -0.1) is 11.3 Å². The monoisotopic (exact) mass is 328 g/mol. The molecule has 0 aliphatic carbocycles. The summed E-state index contributed by atoms with van der Waals surface area (Å²) < 4.78 is 25.7. The molecule has 0 atom stereocenters. The smallest absolute Gasteiger partial charge is 0.333 e. The minimum Gasteiger partial charge on any atom is -0.350 e. The first-order valence-corrected chi connectivity index (χ1v) is 7.83. The van der Waals surface area contributed by atoms with Crippen LogP contribution in [0, 0.1) is 6.92 Å². The van der Waals surface area contributed by atoms with Crippen molar-refractivity contribution >= 4 is 17.2 Å². The molecule has 0 saturated heterocycles. The number of halogens is 2. The van der Waals surface area contributed by atoms with Crippen LogP contribution in [-0.4, -0.2) is 27.2 Å². The van der Waals surface area contributed by atoms with Crippen molar-refractivity contribution in [2.45, 2.75) is 39.7 Å². The summed E-state index contributed by atoms with van der Waals surface area (Å²) in [6, 6.07) is 1.35. The van der Waals surface area contributed by atoms with Crippen LogP contribution in [0.3, 0.4) is 0 Å². The lowest BCUT2D eigenvalue weighted by Crippen LogP contribution is -2.26. The van der Waals surface area contributed by atoms with E-state index in [9.17, 15) is 13.6 Å². The fraction of sp³-hybridized carbons (Fsp3) is 0.500. The standard InChI is InChI=1S/C14H18F2N4OS/c1-8(2)13-18-10(7-22-13)4-5-17-12(21)11-6-9(3)20(19-11)14(15)16/h6-8,14H,4-5H2,1-3H3,(H,17,21). The minimum absolute atomic E-state index is 0.000975. The molecule has 0 radical (unpaired) electrons. The first-order chi connectivity index (χ1) is 10.4. The van der Waals surface area contributed by atoms with E-state index in [4.69, 9.17) is 0 Å². The predicted molar refractivity (Wildman–Crippen MR) is 80.5 cm³/mol. The van der Waals surface area contributed by atoms with E-state index < -0.39 is 12.5 Å². The lowest BCUT2D eigenvalue weighted by molar-refractivity contribution is 0.0538. The van der Waals surface area contributed by atoms with Crippen molar-refractivity contribution in [3.8, 4) is 0 Å². The van der Waals surface area contributed by atoms with Crippen LogP contribution >= 0.6 is 11.3 Å². The van der Waals surface area contributed by atoms with Gasteiger partial charge in [-0.1, -0.05) is 13.8 Å². The Morgan fingerprint density at radius 1 is 1.45 bits per heavy atom. The van der Waals surface area contributed by atoms with Crippen molar-refractivity contribution < 1.29 is 13.6 Å². The highest BCUT2D eigenvalue weighted by molar-refractivity contribution is 7.09. The number of rotatable bonds is 6. The molecule has 1 amide bonds. The zero-order valence-corrected chi connectivity index (χ0v) is 13.5. The maximum atomic E-state index is 12.6. The van der Waals surface area contributed by atoms with Crippen molar-refractivity contribution in [2.24, 2.45) is 0 Å². The Balaban J connectivity index is 1.88. The van der Waals surface area contributed by atoms with Gasteiger partial charge in [-0.2, -0.15) is 13.9 Å². The van der Waals surface area contributed by atoms with Gasteiger partial charge in [0, 0.05) is 30.0 Å². The molecule has 2 aromatic heterocycles. The summed E-state index contributed by atoms with van der Waals surface area (Å²) in [5, 5.41) is 9.31. The number of thiazole rings is 1. The van der Waals surface area contributed by atoms with Gasteiger partial charge in [-0.05, 0) is 13.0 Å². The van der Waals surface area contributed by atoms with E-state index >= 15 is 0 Å². The van der Waals surface area contributed by atoms with Gasteiger partial charge in [0.1, 0.15) is 0 Å². The van der Waals surface area contributed by atoms with Crippen molar-refractivity contribution in [3.05, 3.63) is 33.5 Å². The Kier molecular flexibility index (Phi) is 5.23. The normalized spacial score (nSPS) is 11.4. The van der Waals surface area contributed by atoms with Crippen molar-refractivity contribution in [2.75, 3.05) is 6.54 Å². The molecule has 8 heteroatoms. The van der Waals surface area contributed by atoms with Crippen LogP contribution < -0.4 is 5.32 Å². The molecule has 120 valence electrons. The van der Waals surface area contributed by atoms with Gasteiger partial charge in [0.15, 0.2) is 5.69 Å². The molecule has 2 aromatic rings. The second-order valence-electron chi connectivity index (χ2n) is 5.23. The van der Waals surface area contributed by atoms with Crippen LogP contribution in [0.15, 0.2) is 11.4 Å². The van der Waals surface area contributed by atoms with Gasteiger partial charge in [-0.3, -0.25) is 4.79 Å². The topological polar surface area (TPSA) is 59.8 Å². The van der Waals surface area contributed by atoms with E-state index in [1.165, 1.54) is 13.0 Å². The number of aromatic nitrogens is 3. The van der Waals surface area contributed by atoms with Gasteiger partial charge in [-0.25, -0.2) is 9.67 Å². The highest BCUT2D eigenvalue weighted by atomic mass is 32.1. The molecule has 0 unspecified atom stereocenters. The predicted octanol–water partition coefficient (Wildman–Crippen LogP) is 3.14. The summed E-state index contributed by atoms with van der Waals surface area (Å²) in [5.74, 6) is -0.0727. The number of nitrogens with one attached hydrogen (secondary N) is 1. The summed E-state index contributed by atoms with van der Waals surface area (Å²) in [5.41, 5.74) is 1.17. The molecule has 2 rings (SSSR count). The average Bonchev–Trinajstić information content (AvgIpc) is 3.05. The van der Waals surface area contributed by atoms with E-state index in [0.29, 0.717) is 23.6 Å². The Morgan fingerprint density at radius 2 is 2.18 bits per heavy atom. The molecule has 0 aliphatic rings. The number of hydrogen-bond donors (Lipinski definition) is 1. The quantitative estimate of drug-likeness (QED) is 0.886. The van der Waals surface area contributed by atoms with Crippen molar-refractivity contribution in [1.29, 1.82) is 0 Å². The lowest BCUT2D eigenvalue weighted by Gasteiger charge is -2.02. The molecule has 0 bridgehead atoms. The molecular weight excluding hydrogens is 310 g/mol. The summed E-state index contributed by atoms with van der Waals surface area (Å²) in [6.07, 6.45) is 0.601. The first kappa shape index (κ1) is 16.5.